The third-order valence-electron chi connectivity index (χ3n) is 5.55. The van der Waals surface area contributed by atoms with Gasteiger partial charge in [-0.15, -0.1) is 0 Å². The Morgan fingerprint density at radius 1 is 1.31 bits per heavy atom. The van der Waals surface area contributed by atoms with Crippen LogP contribution in [0.4, 0.5) is 0 Å². The lowest BCUT2D eigenvalue weighted by Gasteiger charge is -2.35. The molecular weight excluding hydrogens is 326 g/mol. The van der Waals surface area contributed by atoms with Gasteiger partial charge in [-0.05, 0) is 48.6 Å². The van der Waals surface area contributed by atoms with Gasteiger partial charge in [-0.1, -0.05) is 0 Å². The van der Waals surface area contributed by atoms with E-state index in [1.54, 1.807) is 7.11 Å². The molecule has 0 amide bonds. The average Bonchev–Trinajstić information content (AvgIpc) is 3.16. The van der Waals surface area contributed by atoms with Gasteiger partial charge in [0.2, 0.25) is 0 Å². The maximum atomic E-state index is 5.48. The summed E-state index contributed by atoms with van der Waals surface area (Å²) in [5.41, 5.74) is 4.91. The van der Waals surface area contributed by atoms with Crippen LogP contribution in [0.1, 0.15) is 35.8 Å². The Morgan fingerprint density at radius 3 is 3.00 bits per heavy atom. The summed E-state index contributed by atoms with van der Waals surface area (Å²) in [5, 5.41) is 4.43. The molecule has 3 heterocycles. The van der Waals surface area contributed by atoms with E-state index in [1.807, 2.05) is 35.5 Å². The number of imidazole rings is 1. The van der Waals surface area contributed by atoms with Gasteiger partial charge < -0.3 is 9.72 Å². The third kappa shape index (κ3) is 2.70. The van der Waals surface area contributed by atoms with Crippen molar-refractivity contribution in [1.82, 2.24) is 24.6 Å². The van der Waals surface area contributed by atoms with Gasteiger partial charge in [0.25, 0.3) is 0 Å². The minimum absolute atomic E-state index is 0.418. The molecule has 2 aromatic heterocycles. The highest BCUT2D eigenvalue weighted by molar-refractivity contribution is 5.45. The first-order chi connectivity index (χ1) is 12.8. The molecule has 1 aromatic carbocycles. The number of hydrogen-bond acceptors (Lipinski definition) is 4. The molecule has 0 bridgehead atoms. The molecule has 0 unspecified atom stereocenters. The lowest BCUT2D eigenvalue weighted by atomic mass is 9.97. The van der Waals surface area contributed by atoms with Crippen LogP contribution in [0.5, 0.6) is 5.75 Å². The summed E-state index contributed by atoms with van der Waals surface area (Å²) in [6.45, 7) is 1.92. The highest BCUT2D eigenvalue weighted by atomic mass is 16.5. The van der Waals surface area contributed by atoms with Crippen LogP contribution >= 0.6 is 0 Å². The van der Waals surface area contributed by atoms with Crippen molar-refractivity contribution in [1.29, 1.82) is 0 Å². The van der Waals surface area contributed by atoms with E-state index in [0.717, 1.165) is 36.9 Å². The number of nitrogens with one attached hydrogen (secondary N) is 1. The van der Waals surface area contributed by atoms with Crippen LogP contribution in [-0.4, -0.2) is 38.3 Å². The first-order valence-corrected chi connectivity index (χ1v) is 9.26. The first kappa shape index (κ1) is 15.6. The van der Waals surface area contributed by atoms with Gasteiger partial charge in [0, 0.05) is 37.6 Å². The Kier molecular flexibility index (Phi) is 3.78. The predicted molar refractivity (Wildman–Crippen MR) is 98.3 cm³/mol. The molecule has 6 nitrogen and oxygen atoms in total. The van der Waals surface area contributed by atoms with Crippen LogP contribution in [0.25, 0.3) is 5.69 Å². The average molecular weight is 349 g/mol. The molecule has 134 valence electrons. The molecule has 1 N–H and O–H groups in total. The van der Waals surface area contributed by atoms with Gasteiger partial charge in [-0.3, -0.25) is 4.90 Å². The van der Waals surface area contributed by atoms with E-state index >= 15 is 0 Å². The van der Waals surface area contributed by atoms with Gasteiger partial charge in [-0.2, -0.15) is 5.10 Å². The number of aromatic amines is 1. The van der Waals surface area contributed by atoms with E-state index in [9.17, 15) is 0 Å². The summed E-state index contributed by atoms with van der Waals surface area (Å²) in [4.78, 5) is 10.6. The van der Waals surface area contributed by atoms with Crippen LogP contribution in [0.15, 0.2) is 43.0 Å². The largest absolute Gasteiger partial charge is 0.497 e. The second-order valence-electron chi connectivity index (χ2n) is 7.21. The SMILES string of the molecule is COc1ccc(-n2cccn2)c(CN2CCc3[nH]cnc3[C@@H]2C2CC2)c1. The maximum absolute atomic E-state index is 5.48. The monoisotopic (exact) mass is 349 g/mol. The maximum Gasteiger partial charge on any atom is 0.119 e. The molecule has 1 aliphatic heterocycles. The molecule has 0 radical (unpaired) electrons. The summed E-state index contributed by atoms with van der Waals surface area (Å²) in [6, 6.07) is 8.61. The normalized spacial score (nSPS) is 20.1. The number of rotatable bonds is 5. The Balaban J connectivity index is 1.51. The van der Waals surface area contributed by atoms with Gasteiger partial charge in [0.15, 0.2) is 0 Å². The molecule has 1 aliphatic carbocycles. The van der Waals surface area contributed by atoms with Crippen LogP contribution in [0, 0.1) is 5.92 Å². The summed E-state index contributed by atoms with van der Waals surface area (Å²) in [6.07, 6.45) is 9.29. The highest BCUT2D eigenvalue weighted by Crippen LogP contribution is 2.47. The number of benzene rings is 1. The van der Waals surface area contributed by atoms with E-state index in [0.29, 0.717) is 6.04 Å². The zero-order valence-electron chi connectivity index (χ0n) is 14.9. The van der Waals surface area contributed by atoms with E-state index in [-0.39, 0.29) is 0 Å². The number of aromatic nitrogens is 4. The van der Waals surface area contributed by atoms with Crippen molar-refractivity contribution in [2.45, 2.75) is 31.8 Å². The molecule has 2 aliphatic rings. The molecule has 26 heavy (non-hydrogen) atoms. The van der Waals surface area contributed by atoms with E-state index in [4.69, 9.17) is 4.74 Å². The number of nitrogens with zero attached hydrogens (tertiary/aromatic N) is 4. The summed E-state index contributed by atoms with van der Waals surface area (Å²) >= 11 is 0. The number of methoxy groups -OCH3 is 1. The molecule has 5 rings (SSSR count). The molecule has 0 saturated heterocycles. The van der Waals surface area contributed by atoms with Crippen molar-refractivity contribution in [3.63, 3.8) is 0 Å². The van der Waals surface area contributed by atoms with E-state index in [1.165, 1.54) is 29.8 Å². The zero-order chi connectivity index (χ0) is 17.5. The molecule has 1 atom stereocenters. The molecule has 0 spiro atoms. The van der Waals surface area contributed by atoms with Crippen LogP contribution in [0.3, 0.4) is 0 Å². The fraction of sp³-hybridized carbons (Fsp3) is 0.400. The van der Waals surface area contributed by atoms with Crippen LogP contribution in [-0.2, 0) is 13.0 Å². The molecule has 1 fully saturated rings. The summed E-state index contributed by atoms with van der Waals surface area (Å²) in [7, 11) is 1.72. The molecule has 3 aromatic rings. The fourth-order valence-electron chi connectivity index (χ4n) is 4.13. The topological polar surface area (TPSA) is 59.0 Å². The Bertz CT molecular complexity index is 897. The Labute approximate surface area is 152 Å². The van der Waals surface area contributed by atoms with Gasteiger partial charge in [-0.25, -0.2) is 9.67 Å². The predicted octanol–water partition coefficient (Wildman–Crippen LogP) is 3.11. The highest BCUT2D eigenvalue weighted by Gasteiger charge is 2.41. The van der Waals surface area contributed by atoms with Crippen molar-refractivity contribution < 1.29 is 4.74 Å². The Morgan fingerprint density at radius 2 is 2.23 bits per heavy atom. The van der Waals surface area contributed by atoms with E-state index in [2.05, 4.69) is 32.1 Å². The van der Waals surface area contributed by atoms with Gasteiger partial charge >= 0.3 is 0 Å². The standard InChI is InChI=1S/C20H23N5O/c1-26-16-5-6-18(25-9-2-8-23-25)15(11-16)12-24-10-7-17-19(22-13-21-17)20(24)14-3-4-14/h2,5-6,8-9,11,13-14,20H,3-4,7,10,12H2,1H3,(H,21,22)/t20-/m0/s1. The minimum Gasteiger partial charge on any atom is -0.497 e. The molecule has 1 saturated carbocycles. The van der Waals surface area contributed by atoms with Crippen molar-refractivity contribution in [2.75, 3.05) is 13.7 Å². The zero-order valence-corrected chi connectivity index (χ0v) is 14.9. The Hall–Kier alpha value is -2.60. The van der Waals surface area contributed by atoms with Gasteiger partial charge in [0.05, 0.1) is 30.9 Å². The van der Waals surface area contributed by atoms with Crippen LogP contribution < -0.4 is 4.74 Å². The molecular formula is C20H23N5O. The quantitative estimate of drug-likeness (QED) is 0.769. The number of H-pyrrole nitrogens is 1. The lowest BCUT2D eigenvalue weighted by Crippen LogP contribution is -2.36. The first-order valence-electron chi connectivity index (χ1n) is 9.26. The van der Waals surface area contributed by atoms with Crippen LogP contribution in [0.2, 0.25) is 0 Å². The van der Waals surface area contributed by atoms with E-state index < -0.39 is 0 Å². The van der Waals surface area contributed by atoms with Crippen molar-refractivity contribution in [2.24, 2.45) is 5.92 Å². The lowest BCUT2D eigenvalue weighted by molar-refractivity contribution is 0.152. The number of hydrogen-bond donors (Lipinski definition) is 1. The van der Waals surface area contributed by atoms with Crippen molar-refractivity contribution >= 4 is 0 Å². The fourth-order valence-corrected chi connectivity index (χ4v) is 4.13. The summed E-state index contributed by atoms with van der Waals surface area (Å²) < 4.78 is 7.42. The summed E-state index contributed by atoms with van der Waals surface area (Å²) in [5.74, 6) is 1.62. The number of fused-ring (bicyclic) bond motifs is 1. The second-order valence-corrected chi connectivity index (χ2v) is 7.21. The number of ether oxygens (including phenoxy) is 1. The molecule has 6 heteroatoms. The van der Waals surface area contributed by atoms with Crippen molar-refractivity contribution in [3.8, 4) is 11.4 Å². The minimum atomic E-state index is 0.418. The van der Waals surface area contributed by atoms with Crippen molar-refractivity contribution in [3.05, 3.63) is 59.9 Å². The smallest absolute Gasteiger partial charge is 0.119 e. The van der Waals surface area contributed by atoms with Gasteiger partial charge in [0.1, 0.15) is 5.75 Å². The second kappa shape index (κ2) is 6.29. The third-order valence-corrected chi connectivity index (χ3v) is 5.55.